The van der Waals surface area contributed by atoms with Crippen molar-refractivity contribution < 1.29 is 38.2 Å². The van der Waals surface area contributed by atoms with Crippen LogP contribution >= 0.6 is 23.2 Å². The Morgan fingerprint density at radius 2 is 1.54 bits per heavy atom. The molecule has 2 aliphatic carbocycles. The van der Waals surface area contributed by atoms with Gasteiger partial charge in [0.05, 0.1) is 46.7 Å². The molecule has 5 aromatic carbocycles. The number of methoxy groups -OCH3 is 1. The maximum absolute atomic E-state index is 15.5. The standard InChI is InChI=1S/C46H34Cl2FN3O7/c1-59-29-17-12-26(13-18-29)46-34(43(56)52(45(46)58)50-37-21-14-27(47)22-35(37)48)23-33-30(39(46)32-8-5-9-36(49)41(32)54)19-20-31-38(33)44(57)51(42(31)55)28-15-10-25(11-16-28)40(53)24-6-3-2-4-7-24/h2-19,21-22,31,33-34,38-39,50,54H,20,23H2,1H3. The van der Waals surface area contributed by atoms with Gasteiger partial charge in [-0.05, 0) is 85.0 Å². The molecule has 296 valence electrons. The van der Waals surface area contributed by atoms with E-state index in [0.717, 1.165) is 16.0 Å². The molecule has 4 aliphatic rings. The van der Waals surface area contributed by atoms with Crippen LogP contribution in [0.25, 0.3) is 0 Å². The predicted octanol–water partition coefficient (Wildman–Crippen LogP) is 8.27. The van der Waals surface area contributed by atoms with Crippen molar-refractivity contribution in [2.75, 3.05) is 17.4 Å². The number of fused-ring (bicyclic) bond motifs is 4. The van der Waals surface area contributed by atoms with Crippen LogP contribution in [0, 0.1) is 29.5 Å². The number of para-hydroxylation sites is 1. The normalized spacial score (nSPS) is 24.7. The van der Waals surface area contributed by atoms with Gasteiger partial charge in [-0.2, -0.15) is 5.01 Å². The van der Waals surface area contributed by atoms with E-state index in [9.17, 15) is 24.3 Å². The smallest absolute Gasteiger partial charge is 0.260 e. The summed E-state index contributed by atoms with van der Waals surface area (Å²) in [5, 5.41) is 12.9. The number of nitrogens with zero attached hydrogens (tertiary/aromatic N) is 2. The molecule has 10 nitrogen and oxygen atoms in total. The fraction of sp³-hybridized carbons (Fsp3) is 0.196. The van der Waals surface area contributed by atoms with Crippen molar-refractivity contribution in [2.45, 2.75) is 24.2 Å². The van der Waals surface area contributed by atoms with E-state index in [2.05, 4.69) is 5.43 Å². The number of hydrogen-bond acceptors (Lipinski definition) is 8. The third-order valence-corrected chi connectivity index (χ3v) is 12.9. The molecule has 0 aromatic heterocycles. The van der Waals surface area contributed by atoms with Crippen LogP contribution in [0.3, 0.4) is 0 Å². The summed E-state index contributed by atoms with van der Waals surface area (Å²) in [6, 6.07) is 30.2. The first-order chi connectivity index (χ1) is 28.4. The summed E-state index contributed by atoms with van der Waals surface area (Å²) in [6.45, 7) is 0. The zero-order valence-electron chi connectivity index (χ0n) is 31.3. The Kier molecular flexibility index (Phi) is 9.40. The van der Waals surface area contributed by atoms with Crippen LogP contribution in [-0.2, 0) is 24.6 Å². The van der Waals surface area contributed by atoms with Crippen molar-refractivity contribution >= 4 is 64.0 Å². The minimum absolute atomic E-state index is 0.0416. The topological polar surface area (TPSA) is 133 Å². The molecule has 9 rings (SSSR count). The third-order valence-electron chi connectivity index (χ3n) is 12.3. The van der Waals surface area contributed by atoms with Gasteiger partial charge in [0, 0.05) is 27.6 Å². The van der Waals surface area contributed by atoms with Crippen molar-refractivity contribution in [2.24, 2.45) is 23.7 Å². The zero-order valence-corrected chi connectivity index (χ0v) is 32.8. The van der Waals surface area contributed by atoms with E-state index in [1.54, 1.807) is 78.9 Å². The van der Waals surface area contributed by atoms with Crippen LogP contribution in [0.5, 0.6) is 11.5 Å². The molecule has 6 atom stereocenters. The lowest BCUT2D eigenvalue weighted by Crippen LogP contribution is -2.53. The lowest BCUT2D eigenvalue weighted by atomic mass is 9.49. The number of aromatic hydroxyl groups is 1. The van der Waals surface area contributed by atoms with Crippen LogP contribution in [0.15, 0.2) is 127 Å². The Morgan fingerprint density at radius 3 is 2.24 bits per heavy atom. The van der Waals surface area contributed by atoms with Gasteiger partial charge in [0.2, 0.25) is 11.8 Å². The van der Waals surface area contributed by atoms with Crippen molar-refractivity contribution in [1.82, 2.24) is 5.01 Å². The number of amides is 4. The lowest BCUT2D eigenvalue weighted by molar-refractivity contribution is -0.138. The zero-order chi connectivity index (χ0) is 41.3. The maximum atomic E-state index is 15.5. The summed E-state index contributed by atoms with van der Waals surface area (Å²) in [6.07, 6.45) is 1.87. The molecule has 1 saturated carbocycles. The number of carbonyl (C=O) groups excluding carboxylic acids is 5. The van der Waals surface area contributed by atoms with Gasteiger partial charge in [-0.3, -0.25) is 34.3 Å². The number of phenolic OH excluding ortho intramolecular Hbond substituents is 1. The highest BCUT2D eigenvalue weighted by molar-refractivity contribution is 6.36. The van der Waals surface area contributed by atoms with E-state index in [4.69, 9.17) is 27.9 Å². The number of halogens is 3. The van der Waals surface area contributed by atoms with Gasteiger partial charge >= 0.3 is 0 Å². The molecule has 3 fully saturated rings. The summed E-state index contributed by atoms with van der Waals surface area (Å²) >= 11 is 12.7. The number of rotatable bonds is 8. The van der Waals surface area contributed by atoms with E-state index in [-0.39, 0.29) is 40.6 Å². The van der Waals surface area contributed by atoms with E-state index in [0.29, 0.717) is 33.0 Å². The number of phenols is 1. The average Bonchev–Trinajstić information content (AvgIpc) is 3.63. The number of ether oxygens (including phenoxy) is 1. The first-order valence-electron chi connectivity index (χ1n) is 18.9. The van der Waals surface area contributed by atoms with Crippen LogP contribution < -0.4 is 15.1 Å². The highest BCUT2D eigenvalue weighted by atomic mass is 35.5. The van der Waals surface area contributed by atoms with Gasteiger partial charge in [0.1, 0.15) is 5.75 Å². The fourth-order valence-corrected chi connectivity index (χ4v) is 10.2. The van der Waals surface area contributed by atoms with Crippen LogP contribution in [0.4, 0.5) is 15.8 Å². The minimum atomic E-state index is -1.79. The molecular weight excluding hydrogens is 796 g/mol. The number of allylic oxidation sites excluding steroid dienone is 2. The number of anilines is 2. The average molecular weight is 831 g/mol. The van der Waals surface area contributed by atoms with Crippen LogP contribution in [-0.4, -0.2) is 46.6 Å². The Hall–Kier alpha value is -6.30. The van der Waals surface area contributed by atoms with E-state index in [1.807, 2.05) is 12.1 Å². The van der Waals surface area contributed by atoms with Crippen molar-refractivity contribution in [3.8, 4) is 11.5 Å². The molecule has 2 heterocycles. The first kappa shape index (κ1) is 38.2. The molecule has 0 bridgehead atoms. The van der Waals surface area contributed by atoms with Gasteiger partial charge in [-0.15, -0.1) is 0 Å². The molecular formula is C46H34Cl2FN3O7. The van der Waals surface area contributed by atoms with Crippen molar-refractivity contribution in [1.29, 1.82) is 0 Å². The first-order valence-corrected chi connectivity index (χ1v) is 19.7. The second kappa shape index (κ2) is 14.5. The predicted molar refractivity (Wildman–Crippen MR) is 218 cm³/mol. The molecule has 2 aliphatic heterocycles. The monoisotopic (exact) mass is 829 g/mol. The van der Waals surface area contributed by atoms with E-state index < -0.39 is 70.2 Å². The molecule has 4 amide bonds. The van der Waals surface area contributed by atoms with Crippen molar-refractivity contribution in [3.05, 3.63) is 165 Å². The molecule has 59 heavy (non-hydrogen) atoms. The number of nitrogens with one attached hydrogen (secondary N) is 1. The van der Waals surface area contributed by atoms with Gasteiger partial charge in [-0.25, -0.2) is 4.39 Å². The molecule has 2 saturated heterocycles. The molecule has 5 aromatic rings. The number of benzene rings is 5. The van der Waals surface area contributed by atoms with Gasteiger partial charge in [-0.1, -0.05) is 89.4 Å². The quantitative estimate of drug-likeness (QED) is 0.0908. The minimum Gasteiger partial charge on any atom is -0.505 e. The Labute approximate surface area is 347 Å². The van der Waals surface area contributed by atoms with Crippen LogP contribution in [0.2, 0.25) is 10.0 Å². The van der Waals surface area contributed by atoms with Gasteiger partial charge in [0.15, 0.2) is 17.3 Å². The highest BCUT2D eigenvalue weighted by Gasteiger charge is 2.70. The van der Waals surface area contributed by atoms with Gasteiger partial charge in [0.25, 0.3) is 11.8 Å². The third kappa shape index (κ3) is 5.85. The second-order valence-electron chi connectivity index (χ2n) is 15.1. The Balaban J connectivity index is 1.17. The number of ketones is 1. The summed E-state index contributed by atoms with van der Waals surface area (Å²) in [7, 11) is 1.49. The molecule has 6 unspecified atom stereocenters. The Morgan fingerprint density at radius 1 is 0.831 bits per heavy atom. The summed E-state index contributed by atoms with van der Waals surface area (Å²) in [4.78, 5) is 73.6. The maximum Gasteiger partial charge on any atom is 0.260 e. The largest absolute Gasteiger partial charge is 0.505 e. The lowest BCUT2D eigenvalue weighted by Gasteiger charge is -2.50. The Bertz CT molecular complexity index is 2620. The molecule has 2 N–H and O–H groups in total. The van der Waals surface area contributed by atoms with E-state index >= 15 is 9.18 Å². The second-order valence-corrected chi connectivity index (χ2v) is 16.0. The van der Waals surface area contributed by atoms with Gasteiger partial charge < -0.3 is 9.84 Å². The number of carbonyl (C=O) groups is 5. The summed E-state index contributed by atoms with van der Waals surface area (Å²) in [5.41, 5.74) is 3.45. The van der Waals surface area contributed by atoms with E-state index in [1.165, 1.54) is 31.4 Å². The number of hydrogen-bond donors (Lipinski definition) is 2. The highest BCUT2D eigenvalue weighted by Crippen LogP contribution is 2.65. The number of imide groups is 2. The molecule has 13 heteroatoms. The van der Waals surface area contributed by atoms with Crippen molar-refractivity contribution in [3.63, 3.8) is 0 Å². The van der Waals surface area contributed by atoms with Crippen LogP contribution in [0.1, 0.15) is 45.8 Å². The summed E-state index contributed by atoms with van der Waals surface area (Å²) < 4.78 is 20.9. The fourth-order valence-electron chi connectivity index (χ4n) is 9.73. The summed E-state index contributed by atoms with van der Waals surface area (Å²) in [5.74, 6) is -8.59. The molecule has 0 radical (unpaired) electrons. The number of hydrazine groups is 1. The SMILES string of the molecule is COc1ccc(C23C(=O)N(Nc4ccc(Cl)cc4Cl)C(=O)C2CC2C(=CCC4C(=O)N(c5ccc(C(=O)c6ccccc6)cc5)C(=O)C42)C3c2cccc(F)c2O)cc1. The molecule has 0 spiro atoms.